The average molecular weight is 343 g/mol. The third-order valence-electron chi connectivity index (χ3n) is 3.38. The van der Waals surface area contributed by atoms with Crippen molar-refractivity contribution in [3.63, 3.8) is 0 Å². The predicted octanol–water partition coefficient (Wildman–Crippen LogP) is 5.01. The molecule has 0 spiro atoms. The lowest BCUT2D eigenvalue weighted by atomic mass is 10.1. The van der Waals surface area contributed by atoms with E-state index in [0.717, 1.165) is 4.90 Å². The molecule has 0 fully saturated rings. The summed E-state index contributed by atoms with van der Waals surface area (Å²) in [7, 11) is 0. The van der Waals surface area contributed by atoms with E-state index < -0.39 is 0 Å². The number of rotatable bonds is 4. The molecule has 1 N–H and O–H groups in total. The standard InChI is InChI=1S/C18H15ClN2OS/c1-12(18(22)21-17-9-7-15(19)11-20-17)23-16-8-6-13-4-2-3-5-14(13)10-16/h2-12H,1H3,(H,20,21,22)/t12-/m0/s1. The SMILES string of the molecule is C[C@H](Sc1ccc2ccccc2c1)C(=O)Nc1ccc(Cl)cn1. The topological polar surface area (TPSA) is 42.0 Å². The van der Waals surface area contributed by atoms with Crippen LogP contribution in [0.3, 0.4) is 0 Å². The molecule has 3 aromatic rings. The van der Waals surface area contributed by atoms with E-state index in [4.69, 9.17) is 11.6 Å². The Bertz CT molecular complexity index is 836. The predicted molar refractivity (Wildman–Crippen MR) is 97.1 cm³/mol. The summed E-state index contributed by atoms with van der Waals surface area (Å²) in [5.74, 6) is 0.420. The molecular formula is C18H15ClN2OS. The number of fused-ring (bicyclic) bond motifs is 1. The van der Waals surface area contributed by atoms with E-state index in [1.807, 2.05) is 25.1 Å². The smallest absolute Gasteiger partial charge is 0.238 e. The molecule has 3 rings (SSSR count). The Labute approximate surface area is 144 Å². The molecule has 0 aliphatic carbocycles. The number of carbonyl (C=O) groups is 1. The minimum Gasteiger partial charge on any atom is -0.310 e. The number of pyridine rings is 1. The Hall–Kier alpha value is -2.04. The Morgan fingerprint density at radius 3 is 2.65 bits per heavy atom. The normalized spacial score (nSPS) is 12.1. The van der Waals surface area contributed by atoms with Gasteiger partial charge in [-0.15, -0.1) is 11.8 Å². The van der Waals surface area contributed by atoms with Crippen LogP contribution in [0.25, 0.3) is 10.8 Å². The highest BCUT2D eigenvalue weighted by atomic mass is 35.5. The Kier molecular flexibility index (Phi) is 4.84. The summed E-state index contributed by atoms with van der Waals surface area (Å²) in [5, 5.41) is 5.48. The molecule has 0 bridgehead atoms. The summed E-state index contributed by atoms with van der Waals surface area (Å²) in [4.78, 5) is 17.4. The van der Waals surface area contributed by atoms with Crippen LogP contribution < -0.4 is 5.32 Å². The molecule has 0 aliphatic rings. The first-order valence-corrected chi connectivity index (χ1v) is 8.45. The van der Waals surface area contributed by atoms with Crippen LogP contribution in [0.4, 0.5) is 5.82 Å². The number of hydrogen-bond acceptors (Lipinski definition) is 3. The van der Waals surface area contributed by atoms with Gasteiger partial charge in [0.2, 0.25) is 5.91 Å². The maximum Gasteiger partial charge on any atom is 0.238 e. The Morgan fingerprint density at radius 2 is 1.91 bits per heavy atom. The van der Waals surface area contributed by atoms with E-state index >= 15 is 0 Å². The average Bonchev–Trinajstić information content (AvgIpc) is 2.56. The monoisotopic (exact) mass is 342 g/mol. The molecule has 2 aromatic carbocycles. The summed E-state index contributed by atoms with van der Waals surface area (Å²) in [6, 6.07) is 17.8. The van der Waals surface area contributed by atoms with Crippen LogP contribution in [0, 0.1) is 0 Å². The maximum absolute atomic E-state index is 12.3. The third kappa shape index (κ3) is 4.03. The quantitative estimate of drug-likeness (QED) is 0.678. The van der Waals surface area contributed by atoms with E-state index in [-0.39, 0.29) is 11.2 Å². The molecule has 0 saturated heterocycles. The molecule has 0 unspecified atom stereocenters. The molecule has 0 aliphatic heterocycles. The second-order valence-electron chi connectivity index (χ2n) is 5.12. The largest absolute Gasteiger partial charge is 0.310 e. The number of aromatic nitrogens is 1. The summed E-state index contributed by atoms with van der Waals surface area (Å²) in [6.45, 7) is 1.88. The van der Waals surface area contributed by atoms with Crippen molar-refractivity contribution in [1.82, 2.24) is 4.98 Å². The zero-order valence-electron chi connectivity index (χ0n) is 12.5. The first-order chi connectivity index (χ1) is 11.1. The molecule has 23 heavy (non-hydrogen) atoms. The van der Waals surface area contributed by atoms with Gasteiger partial charge in [-0.2, -0.15) is 0 Å². The van der Waals surface area contributed by atoms with Crippen LogP contribution in [-0.4, -0.2) is 16.1 Å². The Balaban J connectivity index is 1.68. The maximum atomic E-state index is 12.3. The first-order valence-electron chi connectivity index (χ1n) is 7.20. The number of amides is 1. The van der Waals surface area contributed by atoms with Crippen molar-refractivity contribution in [2.45, 2.75) is 17.1 Å². The molecule has 5 heteroatoms. The highest BCUT2D eigenvalue weighted by Gasteiger charge is 2.15. The van der Waals surface area contributed by atoms with Crippen LogP contribution >= 0.6 is 23.4 Å². The molecule has 1 aromatic heterocycles. The summed E-state index contributed by atoms with van der Waals surface area (Å²) >= 11 is 7.31. The van der Waals surface area contributed by atoms with E-state index in [2.05, 4.69) is 34.6 Å². The van der Waals surface area contributed by atoms with Gasteiger partial charge in [-0.05, 0) is 42.0 Å². The molecule has 1 atom stereocenters. The molecule has 116 valence electrons. The highest BCUT2D eigenvalue weighted by Crippen LogP contribution is 2.27. The van der Waals surface area contributed by atoms with Gasteiger partial charge in [-0.3, -0.25) is 4.79 Å². The van der Waals surface area contributed by atoms with E-state index in [1.165, 1.54) is 28.7 Å². The van der Waals surface area contributed by atoms with Crippen LogP contribution in [0.1, 0.15) is 6.92 Å². The third-order valence-corrected chi connectivity index (χ3v) is 4.70. The number of benzene rings is 2. The van der Waals surface area contributed by atoms with Crippen molar-refractivity contribution in [3.05, 3.63) is 65.8 Å². The van der Waals surface area contributed by atoms with Gasteiger partial charge in [0.15, 0.2) is 0 Å². The van der Waals surface area contributed by atoms with Crippen molar-refractivity contribution in [2.75, 3.05) is 5.32 Å². The summed E-state index contributed by atoms with van der Waals surface area (Å²) in [6.07, 6.45) is 1.51. The van der Waals surface area contributed by atoms with Gasteiger partial charge in [-0.1, -0.05) is 41.9 Å². The van der Waals surface area contributed by atoms with Gasteiger partial charge in [0.05, 0.1) is 10.3 Å². The van der Waals surface area contributed by atoms with Gasteiger partial charge in [0.25, 0.3) is 0 Å². The molecule has 0 radical (unpaired) electrons. The number of halogens is 1. The molecule has 1 amide bonds. The van der Waals surface area contributed by atoms with Gasteiger partial charge in [0.1, 0.15) is 5.82 Å². The highest BCUT2D eigenvalue weighted by molar-refractivity contribution is 8.00. The fraction of sp³-hybridized carbons (Fsp3) is 0.111. The van der Waals surface area contributed by atoms with Crippen molar-refractivity contribution >= 4 is 45.9 Å². The first kappa shape index (κ1) is 15.8. The molecule has 3 nitrogen and oxygen atoms in total. The molecule has 1 heterocycles. The minimum absolute atomic E-state index is 0.0852. The number of thioether (sulfide) groups is 1. The summed E-state index contributed by atoms with van der Waals surface area (Å²) in [5.41, 5.74) is 0. The van der Waals surface area contributed by atoms with Crippen molar-refractivity contribution in [2.24, 2.45) is 0 Å². The van der Waals surface area contributed by atoms with Crippen LogP contribution in [0.2, 0.25) is 5.02 Å². The van der Waals surface area contributed by atoms with Crippen molar-refractivity contribution in [1.29, 1.82) is 0 Å². The Morgan fingerprint density at radius 1 is 1.13 bits per heavy atom. The van der Waals surface area contributed by atoms with Gasteiger partial charge < -0.3 is 5.32 Å². The van der Waals surface area contributed by atoms with E-state index in [1.54, 1.807) is 12.1 Å². The van der Waals surface area contributed by atoms with E-state index in [0.29, 0.717) is 10.8 Å². The van der Waals surface area contributed by atoms with Gasteiger partial charge >= 0.3 is 0 Å². The number of anilines is 1. The van der Waals surface area contributed by atoms with Crippen molar-refractivity contribution in [3.8, 4) is 0 Å². The fourth-order valence-electron chi connectivity index (χ4n) is 2.18. The zero-order valence-corrected chi connectivity index (χ0v) is 14.1. The minimum atomic E-state index is -0.228. The fourth-order valence-corrected chi connectivity index (χ4v) is 3.20. The number of nitrogens with zero attached hydrogens (tertiary/aromatic N) is 1. The van der Waals surface area contributed by atoms with Crippen LogP contribution in [0.15, 0.2) is 65.7 Å². The van der Waals surface area contributed by atoms with Gasteiger partial charge in [-0.25, -0.2) is 4.98 Å². The van der Waals surface area contributed by atoms with Crippen LogP contribution in [0.5, 0.6) is 0 Å². The number of nitrogens with one attached hydrogen (secondary N) is 1. The lowest BCUT2D eigenvalue weighted by Crippen LogP contribution is -2.22. The van der Waals surface area contributed by atoms with Crippen LogP contribution in [-0.2, 0) is 4.79 Å². The molecule has 0 saturated carbocycles. The van der Waals surface area contributed by atoms with Gasteiger partial charge in [0, 0.05) is 11.1 Å². The lowest BCUT2D eigenvalue weighted by molar-refractivity contribution is -0.115. The summed E-state index contributed by atoms with van der Waals surface area (Å²) < 4.78 is 0. The number of hydrogen-bond donors (Lipinski definition) is 1. The second kappa shape index (κ2) is 7.02. The van der Waals surface area contributed by atoms with E-state index in [9.17, 15) is 4.79 Å². The lowest BCUT2D eigenvalue weighted by Gasteiger charge is -2.12. The van der Waals surface area contributed by atoms with Crippen molar-refractivity contribution < 1.29 is 4.79 Å². The second-order valence-corrected chi connectivity index (χ2v) is 6.97. The number of carbonyl (C=O) groups excluding carboxylic acids is 1. The zero-order chi connectivity index (χ0) is 16.2. The molecular weight excluding hydrogens is 328 g/mol.